The number of esters is 1. The Morgan fingerprint density at radius 3 is 1.96 bits per heavy atom. The SMILES string of the molecule is C[C@@H]1[C@H]2C[C@@H](C[C@H]1O[Si](c1ccccc1)(c1ccccc1)C(C)(C)C)C(=O)O2. The summed E-state index contributed by atoms with van der Waals surface area (Å²) in [6, 6.07) is 21.4. The molecule has 2 aromatic carbocycles. The van der Waals surface area contributed by atoms with Crippen molar-refractivity contribution in [1.82, 2.24) is 0 Å². The molecule has 1 aliphatic heterocycles. The van der Waals surface area contributed by atoms with Crippen LogP contribution in [0.3, 0.4) is 0 Å². The number of benzene rings is 2. The van der Waals surface area contributed by atoms with Crippen molar-refractivity contribution in [3.8, 4) is 0 Å². The molecule has 2 bridgehead atoms. The van der Waals surface area contributed by atoms with E-state index < -0.39 is 8.32 Å². The molecule has 28 heavy (non-hydrogen) atoms. The number of rotatable bonds is 4. The molecule has 0 N–H and O–H groups in total. The zero-order valence-corrected chi connectivity index (χ0v) is 18.2. The zero-order valence-electron chi connectivity index (χ0n) is 17.2. The molecule has 0 unspecified atom stereocenters. The van der Waals surface area contributed by atoms with Gasteiger partial charge < -0.3 is 9.16 Å². The molecular weight excluding hydrogens is 364 g/mol. The average Bonchev–Trinajstić information content (AvgIpc) is 3.00. The van der Waals surface area contributed by atoms with Crippen LogP contribution in [0, 0.1) is 11.8 Å². The fraction of sp³-hybridized carbons (Fsp3) is 0.458. The Labute approximate surface area is 169 Å². The Morgan fingerprint density at radius 2 is 1.46 bits per heavy atom. The minimum absolute atomic E-state index is 0.00512. The third kappa shape index (κ3) is 3.13. The maximum Gasteiger partial charge on any atom is 0.309 e. The summed E-state index contributed by atoms with van der Waals surface area (Å²) < 4.78 is 12.9. The van der Waals surface area contributed by atoms with Crippen LogP contribution in [-0.2, 0) is 14.0 Å². The predicted octanol–water partition coefficient (Wildman–Crippen LogP) is 3.90. The van der Waals surface area contributed by atoms with Gasteiger partial charge in [0.05, 0.1) is 12.0 Å². The lowest BCUT2D eigenvalue weighted by molar-refractivity contribution is -0.144. The molecule has 1 aliphatic carbocycles. The molecule has 0 radical (unpaired) electrons. The number of ether oxygens (including phenoxy) is 1. The van der Waals surface area contributed by atoms with Gasteiger partial charge in [0.15, 0.2) is 0 Å². The van der Waals surface area contributed by atoms with Gasteiger partial charge >= 0.3 is 5.97 Å². The largest absolute Gasteiger partial charge is 0.462 e. The highest BCUT2D eigenvalue weighted by Gasteiger charge is 2.55. The van der Waals surface area contributed by atoms with Crippen molar-refractivity contribution in [3.05, 3.63) is 60.7 Å². The van der Waals surface area contributed by atoms with Gasteiger partial charge in [-0.25, -0.2) is 0 Å². The van der Waals surface area contributed by atoms with Crippen molar-refractivity contribution in [3.63, 3.8) is 0 Å². The highest BCUT2D eigenvalue weighted by Crippen LogP contribution is 2.44. The molecule has 148 valence electrons. The van der Waals surface area contributed by atoms with Crippen LogP contribution in [-0.4, -0.2) is 26.5 Å². The quantitative estimate of drug-likeness (QED) is 0.583. The van der Waals surface area contributed by atoms with Crippen molar-refractivity contribution < 1.29 is 14.0 Å². The molecule has 0 aromatic heterocycles. The van der Waals surface area contributed by atoms with Gasteiger partial charge in [0, 0.05) is 5.92 Å². The first-order valence-electron chi connectivity index (χ1n) is 10.3. The summed E-state index contributed by atoms with van der Waals surface area (Å²) in [5.41, 5.74) is 0. The Balaban J connectivity index is 1.83. The van der Waals surface area contributed by atoms with Gasteiger partial charge in [0.25, 0.3) is 8.32 Å². The number of hydrogen-bond donors (Lipinski definition) is 0. The minimum atomic E-state index is -2.60. The number of hydrogen-bond acceptors (Lipinski definition) is 3. The van der Waals surface area contributed by atoms with Gasteiger partial charge in [-0.2, -0.15) is 0 Å². The lowest BCUT2D eigenvalue weighted by atomic mass is 9.81. The molecule has 1 saturated heterocycles. The fourth-order valence-corrected chi connectivity index (χ4v) is 9.77. The van der Waals surface area contributed by atoms with Gasteiger partial charge in [-0.15, -0.1) is 0 Å². The first kappa shape index (κ1) is 19.4. The van der Waals surface area contributed by atoms with Crippen molar-refractivity contribution in [2.45, 2.75) is 57.8 Å². The molecule has 0 spiro atoms. The van der Waals surface area contributed by atoms with E-state index >= 15 is 0 Å². The molecule has 1 saturated carbocycles. The Kier molecular flexibility index (Phi) is 4.96. The van der Waals surface area contributed by atoms with Crippen LogP contribution in [0.5, 0.6) is 0 Å². The second-order valence-electron chi connectivity index (χ2n) is 9.32. The van der Waals surface area contributed by atoms with E-state index in [4.69, 9.17) is 9.16 Å². The van der Waals surface area contributed by atoms with E-state index in [1.165, 1.54) is 10.4 Å². The summed E-state index contributed by atoms with van der Waals surface area (Å²) >= 11 is 0. The molecule has 4 rings (SSSR count). The van der Waals surface area contributed by atoms with Gasteiger partial charge in [-0.05, 0) is 28.3 Å². The lowest BCUT2D eigenvalue weighted by Crippen LogP contribution is -2.68. The van der Waals surface area contributed by atoms with E-state index in [1.54, 1.807) is 0 Å². The molecule has 2 fully saturated rings. The van der Waals surface area contributed by atoms with E-state index in [-0.39, 0.29) is 35.1 Å². The van der Waals surface area contributed by atoms with Crippen molar-refractivity contribution in [2.75, 3.05) is 0 Å². The summed E-state index contributed by atoms with van der Waals surface area (Å²) in [6.45, 7) is 9.07. The highest BCUT2D eigenvalue weighted by molar-refractivity contribution is 6.99. The Hall–Kier alpha value is -1.91. The van der Waals surface area contributed by atoms with E-state index in [1.807, 2.05) is 0 Å². The van der Waals surface area contributed by atoms with Crippen LogP contribution in [0.15, 0.2) is 60.7 Å². The van der Waals surface area contributed by atoms with Crippen LogP contribution in [0.25, 0.3) is 0 Å². The third-order valence-corrected chi connectivity index (χ3v) is 11.6. The third-order valence-electron chi connectivity index (χ3n) is 6.55. The monoisotopic (exact) mass is 394 g/mol. The lowest BCUT2D eigenvalue weighted by Gasteiger charge is -2.47. The van der Waals surface area contributed by atoms with Crippen molar-refractivity contribution in [1.29, 1.82) is 0 Å². The Bertz CT molecular complexity index is 788. The number of carbonyl (C=O) groups is 1. The maximum absolute atomic E-state index is 12.2. The van der Waals surface area contributed by atoms with Gasteiger partial charge in [0.1, 0.15) is 6.10 Å². The van der Waals surface area contributed by atoms with E-state index in [9.17, 15) is 4.79 Å². The number of carbonyl (C=O) groups excluding carboxylic acids is 1. The molecule has 1 heterocycles. The van der Waals surface area contributed by atoms with Crippen LogP contribution in [0.4, 0.5) is 0 Å². The van der Waals surface area contributed by atoms with E-state index in [0.717, 1.165) is 12.8 Å². The second kappa shape index (κ2) is 7.16. The first-order valence-corrected chi connectivity index (χ1v) is 12.2. The van der Waals surface area contributed by atoms with Gasteiger partial charge in [0.2, 0.25) is 0 Å². The van der Waals surface area contributed by atoms with Crippen LogP contribution < -0.4 is 10.4 Å². The van der Waals surface area contributed by atoms with Gasteiger partial charge in [-0.1, -0.05) is 88.4 Å². The molecule has 4 atom stereocenters. The molecule has 3 nitrogen and oxygen atoms in total. The van der Waals surface area contributed by atoms with E-state index in [0.29, 0.717) is 0 Å². The summed E-state index contributed by atoms with van der Waals surface area (Å²) in [5.74, 6) is 0.166. The normalized spacial score (nSPS) is 27.5. The fourth-order valence-electron chi connectivity index (χ4n) is 4.99. The second-order valence-corrected chi connectivity index (χ2v) is 13.6. The first-order chi connectivity index (χ1) is 13.3. The molecule has 4 heteroatoms. The summed E-state index contributed by atoms with van der Waals surface area (Å²) in [5, 5.41) is 2.51. The van der Waals surface area contributed by atoms with Crippen LogP contribution in [0.1, 0.15) is 40.5 Å². The predicted molar refractivity (Wildman–Crippen MR) is 114 cm³/mol. The number of fused-ring (bicyclic) bond motifs is 2. The van der Waals surface area contributed by atoms with Crippen LogP contribution in [0.2, 0.25) is 5.04 Å². The summed E-state index contributed by atoms with van der Waals surface area (Å²) in [6.07, 6.45) is 1.64. The Morgan fingerprint density at radius 1 is 0.929 bits per heavy atom. The average molecular weight is 395 g/mol. The summed E-state index contributed by atoms with van der Waals surface area (Å²) in [7, 11) is -2.60. The summed E-state index contributed by atoms with van der Waals surface area (Å²) in [4.78, 5) is 12.2. The highest BCUT2D eigenvalue weighted by atomic mass is 28.4. The molecule has 0 amide bonds. The maximum atomic E-state index is 12.2. The standard InChI is InChI=1S/C24H30O3Si/c1-17-21-15-18(23(25)26-21)16-22(17)27-28(24(2,3)4,19-11-7-5-8-12-19)20-13-9-6-10-14-20/h5-14,17-18,21-22H,15-16H2,1-4H3/t17-,18+,21-,22-/m1/s1. The molecule has 2 aromatic rings. The van der Waals surface area contributed by atoms with Gasteiger partial charge in [-0.3, -0.25) is 4.79 Å². The zero-order chi connectivity index (χ0) is 19.9. The van der Waals surface area contributed by atoms with Crippen LogP contribution >= 0.6 is 0 Å². The molecule has 2 aliphatic rings. The van der Waals surface area contributed by atoms with Crippen molar-refractivity contribution >= 4 is 24.7 Å². The topological polar surface area (TPSA) is 35.5 Å². The minimum Gasteiger partial charge on any atom is -0.462 e. The van der Waals surface area contributed by atoms with Crippen molar-refractivity contribution in [2.24, 2.45) is 11.8 Å². The smallest absolute Gasteiger partial charge is 0.309 e. The molecular formula is C24H30O3Si. The van der Waals surface area contributed by atoms with E-state index in [2.05, 4.69) is 88.4 Å².